The summed E-state index contributed by atoms with van der Waals surface area (Å²) in [6, 6.07) is 12.4. The Bertz CT molecular complexity index is 635. The van der Waals surface area contributed by atoms with Crippen molar-refractivity contribution in [3.05, 3.63) is 82.4 Å². The van der Waals surface area contributed by atoms with Crippen LogP contribution in [0.4, 0.5) is 13.2 Å². The second-order valence-electron chi connectivity index (χ2n) is 4.39. The normalized spacial score (nSPS) is 12.4. The van der Waals surface area contributed by atoms with E-state index in [1.165, 1.54) is 12.1 Å². The minimum atomic E-state index is -4.29. The van der Waals surface area contributed by atoms with Crippen LogP contribution in [0.15, 0.2) is 60.7 Å². The summed E-state index contributed by atoms with van der Waals surface area (Å²) in [4.78, 5) is 0. The first kappa shape index (κ1) is 15.4. The molecular formula is C17H12ClF3. The van der Waals surface area contributed by atoms with Crippen LogP contribution in [0.1, 0.15) is 16.7 Å². The zero-order valence-electron chi connectivity index (χ0n) is 10.9. The molecule has 0 amide bonds. The van der Waals surface area contributed by atoms with Gasteiger partial charge < -0.3 is 0 Å². The van der Waals surface area contributed by atoms with Crippen LogP contribution >= 0.6 is 11.6 Å². The second-order valence-corrected chi connectivity index (χ2v) is 4.83. The molecule has 4 heteroatoms. The fraction of sp³-hybridized carbons (Fsp3) is 0.0588. The predicted molar refractivity (Wildman–Crippen MR) is 81.0 cm³/mol. The third kappa shape index (κ3) is 4.80. The molecule has 0 spiro atoms. The molecule has 0 fully saturated rings. The Morgan fingerprint density at radius 2 is 1.14 bits per heavy atom. The van der Waals surface area contributed by atoms with Crippen molar-refractivity contribution in [2.75, 3.05) is 0 Å². The molecule has 0 aliphatic rings. The van der Waals surface area contributed by atoms with E-state index in [0.29, 0.717) is 10.6 Å². The monoisotopic (exact) mass is 308 g/mol. The Kier molecular flexibility index (Phi) is 4.86. The zero-order chi connectivity index (χ0) is 15.3. The Morgan fingerprint density at radius 1 is 0.714 bits per heavy atom. The average Bonchev–Trinajstić information content (AvgIpc) is 2.45. The molecule has 0 saturated heterocycles. The van der Waals surface area contributed by atoms with E-state index < -0.39 is 11.7 Å². The van der Waals surface area contributed by atoms with Crippen LogP contribution in [0, 0.1) is 0 Å². The molecule has 0 bridgehead atoms. The van der Waals surface area contributed by atoms with Gasteiger partial charge in [0.15, 0.2) is 0 Å². The van der Waals surface area contributed by atoms with E-state index in [1.807, 2.05) is 24.3 Å². The van der Waals surface area contributed by atoms with Crippen molar-refractivity contribution in [1.29, 1.82) is 0 Å². The molecule has 0 heterocycles. The number of rotatable bonds is 3. The number of hydrogen-bond acceptors (Lipinski definition) is 0. The van der Waals surface area contributed by atoms with Crippen LogP contribution in [0.25, 0.3) is 12.2 Å². The van der Waals surface area contributed by atoms with Gasteiger partial charge in [-0.3, -0.25) is 0 Å². The van der Waals surface area contributed by atoms with Gasteiger partial charge in [0.05, 0.1) is 5.56 Å². The summed E-state index contributed by atoms with van der Waals surface area (Å²) in [5, 5.41) is 0.674. The lowest BCUT2D eigenvalue weighted by molar-refractivity contribution is -0.137. The van der Waals surface area contributed by atoms with Crippen LogP contribution in [-0.4, -0.2) is 0 Å². The zero-order valence-corrected chi connectivity index (χ0v) is 11.7. The minimum Gasteiger partial charge on any atom is -0.166 e. The maximum absolute atomic E-state index is 12.4. The van der Waals surface area contributed by atoms with E-state index in [-0.39, 0.29) is 0 Å². The maximum atomic E-state index is 12.4. The van der Waals surface area contributed by atoms with Crippen molar-refractivity contribution >= 4 is 23.8 Å². The highest BCUT2D eigenvalue weighted by atomic mass is 35.5. The molecule has 0 aliphatic carbocycles. The molecule has 0 saturated carbocycles. The van der Waals surface area contributed by atoms with Gasteiger partial charge in [-0.15, -0.1) is 0 Å². The van der Waals surface area contributed by atoms with E-state index >= 15 is 0 Å². The third-order valence-corrected chi connectivity index (χ3v) is 3.05. The quantitative estimate of drug-likeness (QED) is 0.602. The van der Waals surface area contributed by atoms with Crippen molar-refractivity contribution < 1.29 is 13.2 Å². The average molecular weight is 309 g/mol. The molecule has 108 valence electrons. The molecular weight excluding hydrogens is 297 g/mol. The molecule has 0 N–H and O–H groups in total. The first-order chi connectivity index (χ1) is 9.95. The van der Waals surface area contributed by atoms with Crippen molar-refractivity contribution in [1.82, 2.24) is 0 Å². The van der Waals surface area contributed by atoms with Gasteiger partial charge in [-0.2, -0.15) is 13.2 Å². The van der Waals surface area contributed by atoms with E-state index in [2.05, 4.69) is 0 Å². The Balaban J connectivity index is 1.99. The van der Waals surface area contributed by atoms with Gasteiger partial charge in [-0.25, -0.2) is 0 Å². The summed E-state index contributed by atoms with van der Waals surface area (Å²) < 4.78 is 37.2. The summed E-state index contributed by atoms with van der Waals surface area (Å²) in [6.07, 6.45) is 2.93. The summed E-state index contributed by atoms with van der Waals surface area (Å²) in [5.74, 6) is 0. The van der Waals surface area contributed by atoms with E-state index in [0.717, 1.165) is 17.7 Å². The first-order valence-corrected chi connectivity index (χ1v) is 6.60. The fourth-order valence-electron chi connectivity index (χ4n) is 1.69. The van der Waals surface area contributed by atoms with Gasteiger partial charge >= 0.3 is 6.18 Å². The van der Waals surface area contributed by atoms with E-state index in [9.17, 15) is 13.2 Å². The summed E-state index contributed by atoms with van der Waals surface area (Å²) in [7, 11) is 0. The second kappa shape index (κ2) is 6.64. The van der Waals surface area contributed by atoms with Crippen LogP contribution < -0.4 is 0 Å². The van der Waals surface area contributed by atoms with E-state index in [4.69, 9.17) is 11.6 Å². The van der Waals surface area contributed by atoms with Gasteiger partial charge in [0.25, 0.3) is 0 Å². The highest BCUT2D eigenvalue weighted by molar-refractivity contribution is 6.30. The molecule has 0 aliphatic heterocycles. The Hall–Kier alpha value is -2.00. The molecule has 0 atom stereocenters. The van der Waals surface area contributed by atoms with Crippen LogP contribution in [0.3, 0.4) is 0 Å². The maximum Gasteiger partial charge on any atom is 0.416 e. The molecule has 0 unspecified atom stereocenters. The number of halogens is 4. The molecule has 2 aromatic carbocycles. The standard InChI is InChI=1S/C17H12ClF3/c18-16-11-7-14(8-12-16)4-2-1-3-13-5-9-15(10-6-13)17(19,20)21/h1-12H/b3-1+,4-2+. The lowest BCUT2D eigenvalue weighted by Gasteiger charge is -2.05. The molecule has 21 heavy (non-hydrogen) atoms. The number of alkyl halides is 3. The molecule has 2 rings (SSSR count). The highest BCUT2D eigenvalue weighted by Gasteiger charge is 2.29. The van der Waals surface area contributed by atoms with Gasteiger partial charge in [-0.05, 0) is 35.4 Å². The lowest BCUT2D eigenvalue weighted by atomic mass is 10.1. The highest BCUT2D eigenvalue weighted by Crippen LogP contribution is 2.29. The predicted octanol–water partition coefficient (Wildman–Crippen LogP) is 6.09. The topological polar surface area (TPSA) is 0 Å². The van der Waals surface area contributed by atoms with Crippen molar-refractivity contribution in [2.24, 2.45) is 0 Å². The summed E-state index contributed by atoms with van der Waals surface area (Å²) in [5.41, 5.74) is 1.07. The molecule has 0 nitrogen and oxygen atoms in total. The van der Waals surface area contributed by atoms with Crippen LogP contribution in [0.2, 0.25) is 5.02 Å². The number of benzene rings is 2. The van der Waals surface area contributed by atoms with Gasteiger partial charge in [-0.1, -0.05) is 60.2 Å². The number of hydrogen-bond donors (Lipinski definition) is 0. The van der Waals surface area contributed by atoms with Crippen molar-refractivity contribution in [3.8, 4) is 0 Å². The van der Waals surface area contributed by atoms with Gasteiger partial charge in [0.1, 0.15) is 0 Å². The van der Waals surface area contributed by atoms with Crippen molar-refractivity contribution in [2.45, 2.75) is 6.18 Å². The van der Waals surface area contributed by atoms with Gasteiger partial charge in [0, 0.05) is 5.02 Å². The van der Waals surface area contributed by atoms with Gasteiger partial charge in [0.2, 0.25) is 0 Å². The van der Waals surface area contributed by atoms with Crippen LogP contribution in [-0.2, 0) is 6.18 Å². The number of allylic oxidation sites excluding steroid dienone is 2. The first-order valence-electron chi connectivity index (χ1n) is 6.23. The largest absolute Gasteiger partial charge is 0.416 e. The third-order valence-electron chi connectivity index (χ3n) is 2.80. The fourth-order valence-corrected chi connectivity index (χ4v) is 1.82. The Labute approximate surface area is 126 Å². The smallest absolute Gasteiger partial charge is 0.166 e. The van der Waals surface area contributed by atoms with E-state index in [1.54, 1.807) is 24.3 Å². The summed E-state index contributed by atoms with van der Waals surface area (Å²) >= 11 is 5.78. The SMILES string of the molecule is FC(F)(F)c1ccc(/C=C/C=C/c2ccc(Cl)cc2)cc1. The van der Waals surface area contributed by atoms with Crippen molar-refractivity contribution in [3.63, 3.8) is 0 Å². The van der Waals surface area contributed by atoms with Crippen LogP contribution in [0.5, 0.6) is 0 Å². The summed E-state index contributed by atoms with van der Waals surface area (Å²) in [6.45, 7) is 0. The molecule has 0 radical (unpaired) electrons. The lowest BCUT2D eigenvalue weighted by Crippen LogP contribution is -2.03. The molecule has 2 aromatic rings. The molecule has 0 aromatic heterocycles. The minimum absolute atomic E-state index is 0.642. The Morgan fingerprint density at radius 3 is 1.57 bits per heavy atom.